The molecule has 3 heteroatoms. The first-order valence-electron chi connectivity index (χ1n) is 19.8. The van der Waals surface area contributed by atoms with Crippen molar-refractivity contribution in [2.24, 2.45) is 0 Å². The largest absolute Gasteiger partial charge is 0.457 e. The van der Waals surface area contributed by atoms with Crippen molar-refractivity contribution in [2.45, 2.75) is 5.41 Å². The summed E-state index contributed by atoms with van der Waals surface area (Å²) in [7, 11) is 0. The van der Waals surface area contributed by atoms with Crippen LogP contribution in [0.4, 0.5) is 17.1 Å². The van der Waals surface area contributed by atoms with E-state index in [9.17, 15) is 0 Å². The molecule has 9 aromatic carbocycles. The fourth-order valence-electron chi connectivity index (χ4n) is 9.73. The molecule has 1 aliphatic carbocycles. The van der Waals surface area contributed by atoms with Crippen molar-refractivity contribution in [3.63, 3.8) is 0 Å². The number of ether oxygens (including phenoxy) is 1. The van der Waals surface area contributed by atoms with Crippen LogP contribution < -0.4 is 9.64 Å². The van der Waals surface area contributed by atoms with Crippen LogP contribution in [-0.4, -0.2) is 0 Å². The maximum Gasteiger partial charge on any atom is 0.143 e. The van der Waals surface area contributed by atoms with Crippen molar-refractivity contribution in [3.05, 3.63) is 235 Å². The third-order valence-corrected chi connectivity index (χ3v) is 12.1. The highest BCUT2D eigenvalue weighted by Gasteiger charge is 2.51. The van der Waals surface area contributed by atoms with E-state index in [1.54, 1.807) is 0 Å². The van der Waals surface area contributed by atoms with Crippen LogP contribution in [0.1, 0.15) is 22.3 Å². The topological polar surface area (TPSA) is 25.6 Å². The van der Waals surface area contributed by atoms with E-state index in [2.05, 4.69) is 217 Å². The standard InChI is InChI=1S/C55H35NO2/c1-3-15-36(16-4-1)37-29-31-40(32-30-37)56(39-18-5-2-6-19-39)41-20-13-17-38(35-41)42-22-14-28-51-52(42)44-33-34-48-53(54(44)58-51)43-21-7-8-23-45(43)55(48)46-24-9-11-26-49(46)57-50-27-12-10-25-47(50)55/h1-35H. The zero-order valence-electron chi connectivity index (χ0n) is 31.5. The molecule has 3 nitrogen and oxygen atoms in total. The average Bonchev–Trinajstić information content (AvgIpc) is 3.82. The van der Waals surface area contributed by atoms with Crippen molar-refractivity contribution in [1.29, 1.82) is 0 Å². The molecule has 272 valence electrons. The lowest BCUT2D eigenvalue weighted by atomic mass is 9.66. The highest BCUT2D eigenvalue weighted by molar-refractivity contribution is 6.17. The number of hydrogen-bond donors (Lipinski definition) is 0. The molecule has 10 aromatic rings. The molecule has 0 unspecified atom stereocenters. The van der Waals surface area contributed by atoms with Crippen LogP contribution in [-0.2, 0) is 5.41 Å². The van der Waals surface area contributed by atoms with Crippen LogP contribution in [0.25, 0.3) is 55.3 Å². The number of hydrogen-bond acceptors (Lipinski definition) is 3. The lowest BCUT2D eigenvalue weighted by molar-refractivity contribution is 0.436. The number of furan rings is 1. The summed E-state index contributed by atoms with van der Waals surface area (Å²) in [5.41, 5.74) is 16.2. The third kappa shape index (κ3) is 4.68. The maximum atomic E-state index is 7.05. The summed E-state index contributed by atoms with van der Waals surface area (Å²) in [5, 5.41) is 2.22. The molecule has 0 saturated heterocycles. The van der Waals surface area contributed by atoms with Gasteiger partial charge in [-0.25, -0.2) is 0 Å². The summed E-state index contributed by atoms with van der Waals surface area (Å²) in [6.45, 7) is 0. The van der Waals surface area contributed by atoms with Crippen LogP contribution in [0.2, 0.25) is 0 Å². The monoisotopic (exact) mass is 741 g/mol. The van der Waals surface area contributed by atoms with E-state index < -0.39 is 5.41 Å². The Bertz CT molecular complexity index is 3150. The molecule has 0 amide bonds. The molecule has 1 aliphatic heterocycles. The summed E-state index contributed by atoms with van der Waals surface area (Å²) < 4.78 is 13.6. The van der Waals surface area contributed by atoms with Crippen LogP contribution in [0, 0.1) is 0 Å². The number of benzene rings is 9. The van der Waals surface area contributed by atoms with Crippen molar-refractivity contribution >= 4 is 39.0 Å². The first-order chi connectivity index (χ1) is 28.8. The minimum Gasteiger partial charge on any atom is -0.457 e. The van der Waals surface area contributed by atoms with E-state index in [0.29, 0.717) is 0 Å². The molecule has 0 N–H and O–H groups in total. The Kier molecular flexibility index (Phi) is 7.14. The quantitative estimate of drug-likeness (QED) is 0.176. The van der Waals surface area contributed by atoms with Crippen LogP contribution in [0.15, 0.2) is 217 Å². The van der Waals surface area contributed by atoms with E-state index in [-0.39, 0.29) is 0 Å². The predicted molar refractivity (Wildman–Crippen MR) is 237 cm³/mol. The van der Waals surface area contributed by atoms with Gasteiger partial charge >= 0.3 is 0 Å². The van der Waals surface area contributed by atoms with Gasteiger partial charge in [0.2, 0.25) is 0 Å². The second-order valence-electron chi connectivity index (χ2n) is 15.2. The molecular formula is C55H35NO2. The Hall–Kier alpha value is -7.62. The molecule has 1 aromatic heterocycles. The number of fused-ring (bicyclic) bond motifs is 13. The van der Waals surface area contributed by atoms with Crippen molar-refractivity contribution in [2.75, 3.05) is 4.90 Å². The smallest absolute Gasteiger partial charge is 0.143 e. The third-order valence-electron chi connectivity index (χ3n) is 12.1. The van der Waals surface area contributed by atoms with Gasteiger partial charge in [-0.15, -0.1) is 0 Å². The van der Waals surface area contributed by atoms with E-state index in [4.69, 9.17) is 9.15 Å². The van der Waals surface area contributed by atoms with Crippen molar-refractivity contribution in [1.82, 2.24) is 0 Å². The molecule has 12 rings (SSSR count). The minimum atomic E-state index is -0.554. The zero-order chi connectivity index (χ0) is 38.2. The molecule has 2 aliphatic rings. The molecule has 0 fully saturated rings. The molecule has 1 spiro atoms. The second-order valence-corrected chi connectivity index (χ2v) is 15.2. The Morgan fingerprint density at radius 2 is 0.948 bits per heavy atom. The Morgan fingerprint density at radius 3 is 1.71 bits per heavy atom. The molecule has 58 heavy (non-hydrogen) atoms. The number of rotatable bonds is 5. The fourth-order valence-corrected chi connectivity index (χ4v) is 9.73. The Morgan fingerprint density at radius 1 is 0.379 bits per heavy atom. The van der Waals surface area contributed by atoms with Gasteiger partial charge in [0.25, 0.3) is 0 Å². The lowest BCUT2D eigenvalue weighted by Gasteiger charge is -2.39. The molecule has 0 bridgehead atoms. The van der Waals surface area contributed by atoms with Gasteiger partial charge in [0.05, 0.1) is 5.41 Å². The Balaban J connectivity index is 1.04. The van der Waals surface area contributed by atoms with Crippen molar-refractivity contribution in [3.8, 4) is 44.9 Å². The zero-order valence-corrected chi connectivity index (χ0v) is 31.5. The number of nitrogens with zero attached hydrogens (tertiary/aromatic N) is 1. The van der Waals surface area contributed by atoms with Crippen LogP contribution in [0.3, 0.4) is 0 Å². The summed E-state index contributed by atoms with van der Waals surface area (Å²) in [4.78, 5) is 2.33. The van der Waals surface area contributed by atoms with Gasteiger partial charge in [0.1, 0.15) is 22.7 Å². The van der Waals surface area contributed by atoms with Crippen LogP contribution in [0.5, 0.6) is 11.5 Å². The van der Waals surface area contributed by atoms with Gasteiger partial charge in [-0.2, -0.15) is 0 Å². The molecule has 2 heterocycles. The molecule has 0 radical (unpaired) electrons. The lowest BCUT2D eigenvalue weighted by Crippen LogP contribution is -2.32. The van der Waals surface area contributed by atoms with E-state index in [1.807, 2.05) is 0 Å². The highest BCUT2D eigenvalue weighted by Crippen LogP contribution is 2.63. The summed E-state index contributed by atoms with van der Waals surface area (Å²) >= 11 is 0. The molecule has 0 atom stereocenters. The molecular weight excluding hydrogens is 707 g/mol. The SMILES string of the molecule is c1ccc(-c2ccc(N(c3ccccc3)c3cccc(-c4cccc5oc6c7c(ccc6c45)C4(c5ccccc5Oc5ccccc54)c4ccccc4-7)c3)cc2)cc1. The fraction of sp³-hybridized carbons (Fsp3) is 0.0182. The highest BCUT2D eigenvalue weighted by atomic mass is 16.5. The van der Waals surface area contributed by atoms with Gasteiger partial charge < -0.3 is 14.1 Å². The van der Waals surface area contributed by atoms with E-state index in [1.165, 1.54) is 27.8 Å². The van der Waals surface area contributed by atoms with E-state index in [0.717, 1.165) is 78.3 Å². The first-order valence-corrected chi connectivity index (χ1v) is 19.8. The summed E-state index contributed by atoms with van der Waals surface area (Å²) in [6, 6.07) is 75.8. The summed E-state index contributed by atoms with van der Waals surface area (Å²) in [6.07, 6.45) is 0. The van der Waals surface area contributed by atoms with Gasteiger partial charge in [0.15, 0.2) is 0 Å². The Labute approximate surface area is 336 Å². The minimum absolute atomic E-state index is 0.554. The van der Waals surface area contributed by atoms with Gasteiger partial charge in [-0.1, -0.05) is 158 Å². The predicted octanol–water partition coefficient (Wildman–Crippen LogP) is 14.9. The normalized spacial score (nSPS) is 13.1. The average molecular weight is 742 g/mol. The van der Waals surface area contributed by atoms with Gasteiger partial charge in [-0.3, -0.25) is 0 Å². The number of anilines is 3. The summed E-state index contributed by atoms with van der Waals surface area (Å²) in [5.74, 6) is 1.76. The van der Waals surface area contributed by atoms with E-state index >= 15 is 0 Å². The number of para-hydroxylation sites is 3. The molecule has 0 saturated carbocycles. The van der Waals surface area contributed by atoms with Crippen molar-refractivity contribution < 1.29 is 9.15 Å². The second kappa shape index (κ2) is 12.7. The van der Waals surface area contributed by atoms with Gasteiger partial charge in [-0.05, 0) is 93.5 Å². The maximum absolute atomic E-state index is 7.05. The first kappa shape index (κ1) is 32.6. The van der Waals surface area contributed by atoms with Crippen LogP contribution >= 0.6 is 0 Å². The van der Waals surface area contributed by atoms with Gasteiger partial charge in [0, 0.05) is 44.5 Å².